The first kappa shape index (κ1) is 18.8. The molecule has 27 heavy (non-hydrogen) atoms. The first-order valence-electron chi connectivity index (χ1n) is 8.10. The van der Waals surface area contributed by atoms with E-state index in [1.54, 1.807) is 30.3 Å². The van der Waals surface area contributed by atoms with E-state index in [1.165, 1.54) is 18.3 Å². The van der Waals surface area contributed by atoms with E-state index < -0.39 is 11.9 Å². The van der Waals surface area contributed by atoms with Crippen molar-refractivity contribution in [2.75, 3.05) is 13.2 Å². The average molecular weight is 384 g/mol. The molecule has 3 rings (SSSR count). The Morgan fingerprint density at radius 1 is 1.04 bits per heavy atom. The molecule has 7 heteroatoms. The van der Waals surface area contributed by atoms with Gasteiger partial charge in [-0.2, -0.15) is 4.89 Å². The third kappa shape index (κ3) is 4.05. The number of rotatable bonds is 6. The summed E-state index contributed by atoms with van der Waals surface area (Å²) in [7, 11) is 0. The number of fused-ring (bicyclic) bond motifs is 2. The Hall–Kier alpha value is -3.03. The molecule has 1 heterocycles. The lowest BCUT2D eigenvalue weighted by atomic mass is 10.1. The molecule has 0 atom stereocenters. The third-order valence-corrected chi connectivity index (χ3v) is 4.84. The van der Waals surface area contributed by atoms with Crippen LogP contribution in [0, 0.1) is 0 Å². The summed E-state index contributed by atoms with van der Waals surface area (Å²) in [6.07, 6.45) is 0. The molecule has 0 saturated carbocycles. The van der Waals surface area contributed by atoms with E-state index in [2.05, 4.69) is 16.4 Å². The van der Waals surface area contributed by atoms with Crippen LogP contribution in [-0.4, -0.2) is 25.2 Å². The minimum atomic E-state index is -0.695. The maximum absolute atomic E-state index is 12.8. The lowest BCUT2D eigenvalue weighted by molar-refractivity contribution is -0.271. The van der Waals surface area contributed by atoms with Gasteiger partial charge in [-0.15, -0.1) is 11.3 Å². The molecule has 0 fully saturated rings. The van der Waals surface area contributed by atoms with Crippen LogP contribution < -0.4 is 5.43 Å². The standard InChI is InChI=1S/C20H16O6S/c1-12(2)19(22)26-25-11-10-24-20(23)14-7-5-9-16-17(14)18(21)13-6-3-4-8-15(13)27-16/h3-9H,1,10-11H2,2H3. The maximum Gasteiger partial charge on any atom is 0.368 e. The minimum absolute atomic E-state index is 0.134. The van der Waals surface area contributed by atoms with Gasteiger partial charge in [-0.25, -0.2) is 9.59 Å². The second-order valence-corrected chi connectivity index (χ2v) is 6.80. The normalized spacial score (nSPS) is 10.7. The Kier molecular flexibility index (Phi) is 5.63. The van der Waals surface area contributed by atoms with Crippen molar-refractivity contribution in [2.45, 2.75) is 6.92 Å². The van der Waals surface area contributed by atoms with Gasteiger partial charge in [-0.05, 0) is 31.2 Å². The second-order valence-electron chi connectivity index (χ2n) is 5.72. The monoisotopic (exact) mass is 384 g/mol. The highest BCUT2D eigenvalue weighted by atomic mass is 32.1. The molecular formula is C20H16O6S. The van der Waals surface area contributed by atoms with Crippen molar-refractivity contribution in [3.8, 4) is 0 Å². The van der Waals surface area contributed by atoms with E-state index >= 15 is 0 Å². The lowest BCUT2D eigenvalue weighted by Crippen LogP contribution is -2.15. The van der Waals surface area contributed by atoms with E-state index in [4.69, 9.17) is 4.74 Å². The van der Waals surface area contributed by atoms with Crippen LogP contribution in [0.3, 0.4) is 0 Å². The first-order valence-corrected chi connectivity index (χ1v) is 8.91. The summed E-state index contributed by atoms with van der Waals surface area (Å²) < 4.78 is 6.70. The fourth-order valence-electron chi connectivity index (χ4n) is 2.43. The molecule has 0 aliphatic heterocycles. The zero-order valence-corrected chi connectivity index (χ0v) is 15.3. The molecular weight excluding hydrogens is 368 g/mol. The molecule has 0 aliphatic carbocycles. The first-order chi connectivity index (χ1) is 13.0. The molecule has 1 aromatic heterocycles. The van der Waals surface area contributed by atoms with Crippen LogP contribution >= 0.6 is 11.3 Å². The molecule has 138 valence electrons. The van der Waals surface area contributed by atoms with Gasteiger partial charge in [0.05, 0.1) is 10.9 Å². The third-order valence-electron chi connectivity index (χ3n) is 3.71. The van der Waals surface area contributed by atoms with Gasteiger partial charge in [0, 0.05) is 20.4 Å². The lowest BCUT2D eigenvalue weighted by Gasteiger charge is -2.08. The van der Waals surface area contributed by atoms with Crippen molar-refractivity contribution in [1.82, 2.24) is 0 Å². The van der Waals surface area contributed by atoms with Gasteiger partial charge < -0.3 is 4.74 Å². The van der Waals surface area contributed by atoms with Gasteiger partial charge >= 0.3 is 11.9 Å². The smallest absolute Gasteiger partial charge is 0.368 e. The Morgan fingerprint density at radius 3 is 2.56 bits per heavy atom. The van der Waals surface area contributed by atoms with E-state index in [9.17, 15) is 14.4 Å². The summed E-state index contributed by atoms with van der Waals surface area (Å²) in [5, 5.41) is 0.895. The van der Waals surface area contributed by atoms with E-state index in [-0.39, 0.29) is 29.8 Å². The molecule has 2 aromatic carbocycles. The largest absolute Gasteiger partial charge is 0.459 e. The topological polar surface area (TPSA) is 78.9 Å². The zero-order chi connectivity index (χ0) is 19.4. The fourth-order valence-corrected chi connectivity index (χ4v) is 3.53. The van der Waals surface area contributed by atoms with Gasteiger partial charge in [0.15, 0.2) is 5.43 Å². The fraction of sp³-hybridized carbons (Fsp3) is 0.150. The summed E-state index contributed by atoms with van der Waals surface area (Å²) in [4.78, 5) is 45.5. The number of carbonyl (C=O) groups is 2. The van der Waals surface area contributed by atoms with Crippen LogP contribution in [-0.2, 0) is 19.3 Å². The number of hydrogen-bond donors (Lipinski definition) is 0. The number of esters is 1. The SMILES string of the molecule is C=C(C)C(=O)OOCCOC(=O)c1cccc2sc3ccccc3c(=O)c12. The van der Waals surface area contributed by atoms with Gasteiger partial charge in [0.1, 0.15) is 13.2 Å². The number of hydrogen-bond acceptors (Lipinski definition) is 7. The van der Waals surface area contributed by atoms with E-state index in [0.717, 1.165) is 4.70 Å². The zero-order valence-electron chi connectivity index (χ0n) is 14.5. The predicted molar refractivity (Wildman–Crippen MR) is 103 cm³/mol. The molecule has 0 aliphatic rings. The van der Waals surface area contributed by atoms with Crippen LogP contribution in [0.2, 0.25) is 0 Å². The predicted octanol–water partition coefficient (Wildman–Crippen LogP) is 3.62. The molecule has 0 N–H and O–H groups in total. The molecule has 0 bridgehead atoms. The summed E-state index contributed by atoms with van der Waals surface area (Å²) in [6.45, 7) is 4.63. The van der Waals surface area contributed by atoms with Crippen molar-refractivity contribution in [3.63, 3.8) is 0 Å². The Bertz CT molecular complexity index is 1100. The molecule has 0 saturated heterocycles. The van der Waals surface area contributed by atoms with Crippen LogP contribution in [0.1, 0.15) is 17.3 Å². The summed E-state index contributed by atoms with van der Waals surface area (Å²) in [5.41, 5.74) is 0.177. The number of carbonyl (C=O) groups excluding carboxylic acids is 2. The van der Waals surface area contributed by atoms with Crippen LogP contribution in [0.15, 0.2) is 59.4 Å². The van der Waals surface area contributed by atoms with Crippen molar-refractivity contribution < 1.29 is 24.1 Å². The summed E-state index contributed by atoms with van der Waals surface area (Å²) in [6, 6.07) is 12.3. The minimum Gasteiger partial charge on any atom is -0.459 e. The highest BCUT2D eigenvalue weighted by Crippen LogP contribution is 2.26. The van der Waals surface area contributed by atoms with Crippen LogP contribution in [0.4, 0.5) is 0 Å². The van der Waals surface area contributed by atoms with E-state index in [0.29, 0.717) is 15.5 Å². The Labute approximate surface area is 158 Å². The highest BCUT2D eigenvalue weighted by Gasteiger charge is 2.16. The Balaban J connectivity index is 1.77. The summed E-state index contributed by atoms with van der Waals surface area (Å²) in [5.74, 6) is -1.34. The Morgan fingerprint density at radius 2 is 1.78 bits per heavy atom. The van der Waals surface area contributed by atoms with Gasteiger partial charge in [0.25, 0.3) is 0 Å². The molecule has 0 amide bonds. The van der Waals surface area contributed by atoms with Crippen molar-refractivity contribution >= 4 is 43.4 Å². The maximum atomic E-state index is 12.8. The molecule has 3 aromatic rings. The average Bonchev–Trinajstić information content (AvgIpc) is 2.67. The van der Waals surface area contributed by atoms with Crippen molar-refractivity contribution in [1.29, 1.82) is 0 Å². The second kappa shape index (κ2) is 8.11. The van der Waals surface area contributed by atoms with Crippen LogP contribution in [0.5, 0.6) is 0 Å². The van der Waals surface area contributed by atoms with Crippen molar-refractivity contribution in [3.05, 3.63) is 70.4 Å². The quantitative estimate of drug-likeness (QED) is 0.161. The van der Waals surface area contributed by atoms with Gasteiger partial charge in [-0.3, -0.25) is 9.68 Å². The molecule has 0 spiro atoms. The van der Waals surface area contributed by atoms with Crippen LogP contribution in [0.25, 0.3) is 20.2 Å². The molecule has 6 nitrogen and oxygen atoms in total. The number of benzene rings is 2. The molecule has 0 unspecified atom stereocenters. The summed E-state index contributed by atoms with van der Waals surface area (Å²) >= 11 is 1.44. The highest BCUT2D eigenvalue weighted by molar-refractivity contribution is 7.24. The molecule has 0 radical (unpaired) electrons. The van der Waals surface area contributed by atoms with Gasteiger partial charge in [-0.1, -0.05) is 24.8 Å². The van der Waals surface area contributed by atoms with Crippen molar-refractivity contribution in [2.24, 2.45) is 0 Å². The van der Waals surface area contributed by atoms with Gasteiger partial charge in [0.2, 0.25) is 0 Å². The number of ether oxygens (including phenoxy) is 1. The van der Waals surface area contributed by atoms with E-state index in [1.807, 2.05) is 12.1 Å².